The third-order valence-corrected chi connectivity index (χ3v) is 3.91. The van der Waals surface area contributed by atoms with Crippen LogP contribution in [0.3, 0.4) is 0 Å². The van der Waals surface area contributed by atoms with Crippen LogP contribution in [0.25, 0.3) is 0 Å². The van der Waals surface area contributed by atoms with Crippen LogP contribution in [0.1, 0.15) is 5.56 Å². The Morgan fingerprint density at radius 3 is 2.38 bits per heavy atom. The monoisotopic (exact) mass is 322 g/mol. The predicted octanol–water partition coefficient (Wildman–Crippen LogP) is 3.00. The molecule has 5 nitrogen and oxygen atoms in total. The summed E-state index contributed by atoms with van der Waals surface area (Å²) >= 11 is 0. The predicted molar refractivity (Wildman–Crippen MR) is 99.7 cm³/mol. The van der Waals surface area contributed by atoms with Gasteiger partial charge in [0, 0.05) is 24.5 Å². The Kier molecular flexibility index (Phi) is 5.01. The average molecular weight is 322 g/mol. The smallest absolute Gasteiger partial charge is 0.193 e. The van der Waals surface area contributed by atoms with Gasteiger partial charge in [-0.3, -0.25) is 0 Å². The van der Waals surface area contributed by atoms with Gasteiger partial charge in [0.15, 0.2) is 5.96 Å². The van der Waals surface area contributed by atoms with E-state index in [1.54, 1.807) is 7.11 Å². The number of aliphatic imine (C=N–C) groups is 1. The molecular weight excluding hydrogens is 300 g/mol. The van der Waals surface area contributed by atoms with Crippen LogP contribution in [-0.2, 0) is 6.54 Å². The standard InChI is InChI=1S/C19H22N4O/c1-24-18-10-6-16(7-11-18)22-19(20)21-14-15-4-8-17(9-5-15)23-12-2-3-13-23/h2-11H,12-14H2,1H3,(H3,20,21,22). The van der Waals surface area contributed by atoms with Crippen LogP contribution in [0.4, 0.5) is 11.4 Å². The second-order valence-corrected chi connectivity index (χ2v) is 5.60. The highest BCUT2D eigenvalue weighted by atomic mass is 16.5. The Hall–Kier alpha value is -2.95. The van der Waals surface area contributed by atoms with Gasteiger partial charge in [0.25, 0.3) is 0 Å². The fourth-order valence-electron chi connectivity index (χ4n) is 2.54. The van der Waals surface area contributed by atoms with Crippen molar-refractivity contribution < 1.29 is 4.74 Å². The zero-order valence-corrected chi connectivity index (χ0v) is 13.8. The molecule has 0 amide bonds. The molecule has 0 aliphatic carbocycles. The number of nitrogens with two attached hydrogens (primary N) is 1. The minimum absolute atomic E-state index is 0.396. The second-order valence-electron chi connectivity index (χ2n) is 5.60. The molecule has 0 spiro atoms. The molecule has 0 saturated carbocycles. The Bertz CT molecular complexity index is 712. The molecule has 0 aromatic heterocycles. The normalized spacial score (nSPS) is 14.0. The number of nitrogens with zero attached hydrogens (tertiary/aromatic N) is 2. The van der Waals surface area contributed by atoms with Crippen LogP contribution in [0, 0.1) is 0 Å². The Morgan fingerprint density at radius 2 is 1.75 bits per heavy atom. The molecule has 3 rings (SSSR count). The van der Waals surface area contributed by atoms with E-state index in [1.165, 1.54) is 5.69 Å². The van der Waals surface area contributed by atoms with E-state index >= 15 is 0 Å². The molecule has 24 heavy (non-hydrogen) atoms. The van der Waals surface area contributed by atoms with Gasteiger partial charge in [-0.25, -0.2) is 4.99 Å². The van der Waals surface area contributed by atoms with E-state index in [4.69, 9.17) is 10.5 Å². The lowest BCUT2D eigenvalue weighted by atomic mass is 10.2. The first-order valence-electron chi connectivity index (χ1n) is 7.94. The second kappa shape index (κ2) is 7.55. The maximum absolute atomic E-state index is 5.94. The Balaban J connectivity index is 1.55. The summed E-state index contributed by atoms with van der Waals surface area (Å²) < 4.78 is 5.13. The van der Waals surface area contributed by atoms with E-state index < -0.39 is 0 Å². The number of ether oxygens (including phenoxy) is 1. The molecule has 0 radical (unpaired) electrons. The van der Waals surface area contributed by atoms with Crippen LogP contribution in [0.5, 0.6) is 5.75 Å². The number of hydrogen-bond acceptors (Lipinski definition) is 3. The Morgan fingerprint density at radius 1 is 1.08 bits per heavy atom. The van der Waals surface area contributed by atoms with Crippen LogP contribution in [0.2, 0.25) is 0 Å². The van der Waals surface area contributed by atoms with Crippen LogP contribution in [-0.4, -0.2) is 26.2 Å². The van der Waals surface area contributed by atoms with Gasteiger partial charge in [0.2, 0.25) is 0 Å². The zero-order chi connectivity index (χ0) is 16.8. The van der Waals surface area contributed by atoms with E-state index in [0.717, 1.165) is 30.1 Å². The summed E-state index contributed by atoms with van der Waals surface area (Å²) in [5, 5.41) is 3.08. The molecule has 124 valence electrons. The molecule has 0 unspecified atom stereocenters. The number of benzene rings is 2. The lowest BCUT2D eigenvalue weighted by Gasteiger charge is -2.17. The lowest BCUT2D eigenvalue weighted by Crippen LogP contribution is -2.22. The van der Waals surface area contributed by atoms with Crippen LogP contribution < -0.4 is 20.7 Å². The number of rotatable bonds is 5. The van der Waals surface area contributed by atoms with Crippen molar-refractivity contribution >= 4 is 17.3 Å². The van der Waals surface area contributed by atoms with E-state index in [2.05, 4.69) is 51.6 Å². The van der Waals surface area contributed by atoms with Crippen molar-refractivity contribution in [3.63, 3.8) is 0 Å². The zero-order valence-electron chi connectivity index (χ0n) is 13.8. The van der Waals surface area contributed by atoms with Gasteiger partial charge in [-0.15, -0.1) is 0 Å². The molecule has 3 N–H and O–H groups in total. The number of anilines is 2. The van der Waals surface area contributed by atoms with Gasteiger partial charge in [-0.2, -0.15) is 0 Å². The summed E-state index contributed by atoms with van der Waals surface area (Å²) in [4.78, 5) is 6.70. The molecule has 2 aromatic carbocycles. The average Bonchev–Trinajstić information content (AvgIpc) is 3.16. The summed E-state index contributed by atoms with van der Waals surface area (Å²) in [5.41, 5.74) is 9.19. The van der Waals surface area contributed by atoms with E-state index in [-0.39, 0.29) is 0 Å². The maximum atomic E-state index is 5.94. The minimum atomic E-state index is 0.396. The summed E-state index contributed by atoms with van der Waals surface area (Å²) in [5.74, 6) is 1.21. The lowest BCUT2D eigenvalue weighted by molar-refractivity contribution is 0.415. The van der Waals surface area contributed by atoms with Gasteiger partial charge < -0.3 is 20.7 Å². The van der Waals surface area contributed by atoms with Gasteiger partial charge in [-0.05, 0) is 42.0 Å². The molecule has 1 heterocycles. The molecule has 5 heteroatoms. The third kappa shape index (κ3) is 4.07. The van der Waals surface area contributed by atoms with Crippen molar-refractivity contribution in [3.8, 4) is 5.75 Å². The van der Waals surface area contributed by atoms with Crippen molar-refractivity contribution in [2.45, 2.75) is 6.54 Å². The highest BCUT2D eigenvalue weighted by Crippen LogP contribution is 2.18. The number of hydrogen-bond donors (Lipinski definition) is 2. The first kappa shape index (κ1) is 15.9. The summed E-state index contributed by atoms with van der Waals surface area (Å²) in [6, 6.07) is 16.0. The highest BCUT2D eigenvalue weighted by molar-refractivity contribution is 5.92. The molecule has 0 fully saturated rings. The molecule has 1 aliphatic heterocycles. The summed E-state index contributed by atoms with van der Waals surface area (Å²) in [7, 11) is 1.64. The van der Waals surface area contributed by atoms with Crippen molar-refractivity contribution in [3.05, 3.63) is 66.2 Å². The first-order valence-corrected chi connectivity index (χ1v) is 7.94. The van der Waals surface area contributed by atoms with E-state index in [1.807, 2.05) is 24.3 Å². The van der Waals surface area contributed by atoms with Crippen LogP contribution in [0.15, 0.2) is 65.7 Å². The maximum Gasteiger partial charge on any atom is 0.193 e. The fourth-order valence-corrected chi connectivity index (χ4v) is 2.54. The molecule has 0 bridgehead atoms. The van der Waals surface area contributed by atoms with Gasteiger partial charge in [-0.1, -0.05) is 24.3 Å². The van der Waals surface area contributed by atoms with Crippen molar-refractivity contribution in [1.29, 1.82) is 0 Å². The number of nitrogens with one attached hydrogen (secondary N) is 1. The SMILES string of the molecule is COc1ccc(NC(N)=NCc2ccc(N3CC=CC3)cc2)cc1. The number of methoxy groups -OCH3 is 1. The first-order chi connectivity index (χ1) is 11.7. The minimum Gasteiger partial charge on any atom is -0.497 e. The third-order valence-electron chi connectivity index (χ3n) is 3.91. The fraction of sp³-hybridized carbons (Fsp3) is 0.211. The molecule has 1 aliphatic rings. The molecule has 2 aromatic rings. The highest BCUT2D eigenvalue weighted by Gasteiger charge is 2.06. The molecular formula is C19H22N4O. The van der Waals surface area contributed by atoms with Crippen LogP contribution >= 0.6 is 0 Å². The van der Waals surface area contributed by atoms with Crippen molar-refractivity contribution in [1.82, 2.24) is 0 Å². The molecule has 0 atom stereocenters. The number of guanidine groups is 1. The van der Waals surface area contributed by atoms with Crippen molar-refractivity contribution in [2.75, 3.05) is 30.4 Å². The quantitative estimate of drug-likeness (QED) is 0.505. The van der Waals surface area contributed by atoms with Gasteiger partial charge in [0.05, 0.1) is 13.7 Å². The van der Waals surface area contributed by atoms with Gasteiger partial charge >= 0.3 is 0 Å². The van der Waals surface area contributed by atoms with E-state index in [0.29, 0.717) is 12.5 Å². The molecule has 0 saturated heterocycles. The topological polar surface area (TPSA) is 62.9 Å². The summed E-state index contributed by atoms with van der Waals surface area (Å²) in [6.07, 6.45) is 4.37. The summed E-state index contributed by atoms with van der Waals surface area (Å²) in [6.45, 7) is 2.51. The van der Waals surface area contributed by atoms with Gasteiger partial charge in [0.1, 0.15) is 5.75 Å². The van der Waals surface area contributed by atoms with E-state index in [9.17, 15) is 0 Å². The van der Waals surface area contributed by atoms with Crippen molar-refractivity contribution in [2.24, 2.45) is 10.7 Å². The largest absolute Gasteiger partial charge is 0.497 e. The Labute approximate surface area is 142 Å².